The highest BCUT2D eigenvalue weighted by molar-refractivity contribution is 5.68. The lowest BCUT2D eigenvalue weighted by molar-refractivity contribution is -0.0123. The number of pyridine rings is 1. The molecule has 1 fully saturated rings. The maximum Gasteiger partial charge on any atom is 0.410 e. The zero-order chi connectivity index (χ0) is 16.3. The maximum absolute atomic E-state index is 14.0. The summed E-state index contributed by atoms with van der Waals surface area (Å²) < 4.78 is 24.9. The predicted molar refractivity (Wildman–Crippen MR) is 80.4 cm³/mol. The Labute approximate surface area is 129 Å². The number of nitrogens with zero attached hydrogens (tertiary/aromatic N) is 2. The van der Waals surface area contributed by atoms with E-state index in [1.807, 2.05) is 0 Å². The lowest BCUT2D eigenvalue weighted by atomic mass is 10.1. The fourth-order valence-corrected chi connectivity index (χ4v) is 2.13. The average molecular weight is 311 g/mol. The maximum atomic E-state index is 14.0. The number of hydrogen-bond donors (Lipinski definition) is 1. The molecule has 2 rings (SSSR count). The van der Waals surface area contributed by atoms with Crippen LogP contribution < -0.4 is 10.5 Å². The van der Waals surface area contributed by atoms with Gasteiger partial charge in [0.05, 0.1) is 12.7 Å². The van der Waals surface area contributed by atoms with Gasteiger partial charge in [-0.15, -0.1) is 0 Å². The Hall–Kier alpha value is -2.05. The molecule has 0 aliphatic carbocycles. The number of nitrogen functional groups attached to an aromatic ring is 1. The van der Waals surface area contributed by atoms with Crippen LogP contribution in [-0.4, -0.2) is 46.9 Å². The van der Waals surface area contributed by atoms with Gasteiger partial charge in [0, 0.05) is 13.0 Å². The third-order valence-corrected chi connectivity index (χ3v) is 3.18. The Bertz CT molecular complexity index is 516. The van der Waals surface area contributed by atoms with Crippen LogP contribution in [-0.2, 0) is 4.74 Å². The van der Waals surface area contributed by atoms with Crippen LogP contribution in [0.5, 0.6) is 5.75 Å². The Morgan fingerprint density at radius 1 is 1.45 bits per heavy atom. The molecule has 2 atom stereocenters. The van der Waals surface area contributed by atoms with Gasteiger partial charge in [-0.3, -0.25) is 0 Å². The van der Waals surface area contributed by atoms with Crippen LogP contribution in [0.3, 0.4) is 0 Å². The van der Waals surface area contributed by atoms with Crippen molar-refractivity contribution >= 4 is 11.9 Å². The summed E-state index contributed by atoms with van der Waals surface area (Å²) in [6.07, 6.45) is -0.688. The van der Waals surface area contributed by atoms with Crippen LogP contribution in [0.15, 0.2) is 18.3 Å². The molecule has 0 saturated carbocycles. The molecule has 0 aromatic carbocycles. The van der Waals surface area contributed by atoms with E-state index in [0.29, 0.717) is 18.1 Å². The molecule has 0 spiro atoms. The second-order valence-corrected chi connectivity index (χ2v) is 6.31. The monoisotopic (exact) mass is 311 g/mol. The normalized spacial score (nSPS) is 22.3. The van der Waals surface area contributed by atoms with Gasteiger partial charge in [-0.2, -0.15) is 0 Å². The summed E-state index contributed by atoms with van der Waals surface area (Å²) in [5.74, 6) is 0.788. The molecular weight excluding hydrogens is 289 g/mol. The van der Waals surface area contributed by atoms with E-state index in [1.165, 1.54) is 11.1 Å². The molecule has 6 nitrogen and oxygen atoms in total. The summed E-state index contributed by atoms with van der Waals surface area (Å²) in [4.78, 5) is 17.4. The molecule has 1 amide bonds. The van der Waals surface area contributed by atoms with E-state index < -0.39 is 24.0 Å². The number of piperidine rings is 1. The summed E-state index contributed by atoms with van der Waals surface area (Å²) in [5.41, 5.74) is 4.92. The van der Waals surface area contributed by atoms with Crippen molar-refractivity contribution < 1.29 is 18.7 Å². The van der Waals surface area contributed by atoms with Gasteiger partial charge in [-0.05, 0) is 32.9 Å². The molecule has 7 heteroatoms. The van der Waals surface area contributed by atoms with Crippen LogP contribution in [0.2, 0.25) is 0 Å². The number of aromatic nitrogens is 1. The highest BCUT2D eigenvalue weighted by atomic mass is 19.1. The minimum Gasteiger partial charge on any atom is -0.484 e. The molecule has 1 aliphatic rings. The lowest BCUT2D eigenvalue weighted by Gasteiger charge is -2.35. The van der Waals surface area contributed by atoms with Crippen molar-refractivity contribution in [2.75, 3.05) is 18.8 Å². The Balaban J connectivity index is 1.98. The molecule has 1 aliphatic heterocycles. The van der Waals surface area contributed by atoms with Gasteiger partial charge < -0.3 is 20.1 Å². The number of likely N-dealkylation sites (tertiary alicyclic amines) is 1. The molecule has 1 aromatic heterocycles. The number of anilines is 1. The molecule has 22 heavy (non-hydrogen) atoms. The van der Waals surface area contributed by atoms with E-state index in [2.05, 4.69) is 4.98 Å². The van der Waals surface area contributed by atoms with Crippen molar-refractivity contribution in [3.8, 4) is 5.75 Å². The minimum absolute atomic E-state index is 0.139. The number of carbonyl (C=O) groups is 1. The van der Waals surface area contributed by atoms with Crippen LogP contribution in [0.4, 0.5) is 15.0 Å². The van der Waals surface area contributed by atoms with Crippen molar-refractivity contribution in [1.82, 2.24) is 9.88 Å². The standard InChI is InChI=1S/C15H22FN3O3/c1-15(2,3)22-14(20)19-7-6-11(16)12(9-19)21-10-4-5-13(17)18-8-10/h4-5,8,11-12H,6-7,9H2,1-3H3,(H2,17,18)/t11-,12+/m0/s1. The van der Waals surface area contributed by atoms with Crippen molar-refractivity contribution in [3.05, 3.63) is 18.3 Å². The second-order valence-electron chi connectivity index (χ2n) is 6.31. The van der Waals surface area contributed by atoms with Crippen LogP contribution >= 0.6 is 0 Å². The number of hydrogen-bond acceptors (Lipinski definition) is 5. The smallest absolute Gasteiger partial charge is 0.410 e. The number of amides is 1. The number of halogens is 1. The van der Waals surface area contributed by atoms with Crippen LogP contribution in [0.25, 0.3) is 0 Å². The van der Waals surface area contributed by atoms with E-state index >= 15 is 0 Å². The molecule has 0 radical (unpaired) electrons. The van der Waals surface area contributed by atoms with Gasteiger partial charge in [-0.25, -0.2) is 14.2 Å². The number of rotatable bonds is 2. The number of alkyl halides is 1. The molecule has 0 unspecified atom stereocenters. The fraction of sp³-hybridized carbons (Fsp3) is 0.600. The third-order valence-electron chi connectivity index (χ3n) is 3.18. The first-order valence-corrected chi connectivity index (χ1v) is 7.25. The summed E-state index contributed by atoms with van der Waals surface area (Å²) in [7, 11) is 0. The quantitative estimate of drug-likeness (QED) is 0.907. The third kappa shape index (κ3) is 4.47. The number of ether oxygens (including phenoxy) is 2. The Morgan fingerprint density at radius 2 is 2.18 bits per heavy atom. The fourth-order valence-electron chi connectivity index (χ4n) is 2.13. The van der Waals surface area contributed by atoms with Gasteiger partial charge in [0.25, 0.3) is 0 Å². The Kier molecular flexibility index (Phi) is 4.73. The van der Waals surface area contributed by atoms with E-state index in [9.17, 15) is 9.18 Å². The minimum atomic E-state index is -1.14. The zero-order valence-corrected chi connectivity index (χ0v) is 13.1. The Morgan fingerprint density at radius 3 is 2.77 bits per heavy atom. The SMILES string of the molecule is CC(C)(C)OC(=O)N1CC[C@H](F)[C@H](Oc2ccc(N)nc2)C1. The summed E-state index contributed by atoms with van der Waals surface area (Å²) in [6, 6.07) is 3.21. The topological polar surface area (TPSA) is 77.7 Å². The highest BCUT2D eigenvalue weighted by Gasteiger charge is 2.35. The lowest BCUT2D eigenvalue weighted by Crippen LogP contribution is -2.51. The van der Waals surface area contributed by atoms with Gasteiger partial charge in [-0.1, -0.05) is 0 Å². The van der Waals surface area contributed by atoms with Gasteiger partial charge >= 0.3 is 6.09 Å². The zero-order valence-electron chi connectivity index (χ0n) is 13.1. The van der Waals surface area contributed by atoms with E-state index in [1.54, 1.807) is 32.9 Å². The molecule has 1 saturated heterocycles. The van der Waals surface area contributed by atoms with Crippen molar-refractivity contribution in [1.29, 1.82) is 0 Å². The van der Waals surface area contributed by atoms with Gasteiger partial charge in [0.2, 0.25) is 0 Å². The molecule has 2 N–H and O–H groups in total. The second kappa shape index (κ2) is 6.37. The van der Waals surface area contributed by atoms with E-state index in [0.717, 1.165) is 0 Å². The number of nitrogens with two attached hydrogens (primary N) is 1. The summed E-state index contributed by atoms with van der Waals surface area (Å²) >= 11 is 0. The first-order chi connectivity index (χ1) is 10.2. The van der Waals surface area contributed by atoms with Crippen LogP contribution in [0, 0.1) is 0 Å². The van der Waals surface area contributed by atoms with E-state index in [-0.39, 0.29) is 13.0 Å². The molecular formula is C15H22FN3O3. The molecule has 0 bridgehead atoms. The van der Waals surface area contributed by atoms with Crippen molar-refractivity contribution in [2.24, 2.45) is 0 Å². The first kappa shape index (κ1) is 16.3. The summed E-state index contributed by atoms with van der Waals surface area (Å²) in [5, 5.41) is 0. The van der Waals surface area contributed by atoms with Crippen molar-refractivity contribution in [2.45, 2.75) is 45.1 Å². The number of carbonyl (C=O) groups excluding carboxylic acids is 1. The molecule has 2 heterocycles. The highest BCUT2D eigenvalue weighted by Crippen LogP contribution is 2.22. The average Bonchev–Trinajstić information content (AvgIpc) is 2.41. The summed E-state index contributed by atoms with van der Waals surface area (Å²) in [6.45, 7) is 5.83. The van der Waals surface area contributed by atoms with E-state index in [4.69, 9.17) is 15.2 Å². The van der Waals surface area contributed by atoms with Crippen LogP contribution in [0.1, 0.15) is 27.2 Å². The van der Waals surface area contributed by atoms with Gasteiger partial charge in [0.1, 0.15) is 29.4 Å². The molecule has 122 valence electrons. The molecule has 1 aromatic rings. The van der Waals surface area contributed by atoms with Gasteiger partial charge in [0.15, 0.2) is 0 Å². The first-order valence-electron chi connectivity index (χ1n) is 7.25. The van der Waals surface area contributed by atoms with Crippen molar-refractivity contribution in [3.63, 3.8) is 0 Å². The predicted octanol–water partition coefficient (Wildman–Crippen LogP) is 2.39. The largest absolute Gasteiger partial charge is 0.484 e.